The summed E-state index contributed by atoms with van der Waals surface area (Å²) >= 11 is 0. The zero-order chi connectivity index (χ0) is 21.8. The van der Waals surface area contributed by atoms with Crippen LogP contribution in [-0.4, -0.2) is 49.4 Å². The molecule has 0 amide bonds. The fourth-order valence-electron chi connectivity index (χ4n) is 3.65. The van der Waals surface area contributed by atoms with Crippen molar-refractivity contribution in [2.24, 2.45) is 0 Å². The van der Waals surface area contributed by atoms with Crippen molar-refractivity contribution in [1.82, 2.24) is 0 Å². The summed E-state index contributed by atoms with van der Waals surface area (Å²) in [7, 11) is 6.16. The Morgan fingerprint density at radius 1 is 0.828 bits per heavy atom. The highest BCUT2D eigenvalue weighted by Crippen LogP contribution is 2.13. The molecule has 0 fully saturated rings. The molecule has 4 nitrogen and oxygen atoms in total. The van der Waals surface area contributed by atoms with Crippen molar-refractivity contribution < 1.29 is 19.1 Å². The number of quaternary nitrogens is 1. The largest absolute Gasteiger partial charge is 0.492 e. The molecule has 0 unspecified atom stereocenters. The minimum atomic E-state index is -0.802. The maximum atomic E-state index is 11.0. The molecule has 0 saturated heterocycles. The van der Waals surface area contributed by atoms with Crippen LogP contribution in [0.2, 0.25) is 0 Å². The SMILES string of the molecule is CCCCCCCCCCCCCCCCC=CO[C@H](CC(=O)O)C[N+](C)(C)C. The standard InChI is InChI=1S/C25H49NO3/c1-5-6-7-8-9-10-11-12-13-14-15-16-17-18-19-20-21-29-24(22-25(27)28)23-26(2,3)4/h20-21,24H,5-19,22-23H2,1-4H3/p+1/t24-/m1/s1. The topological polar surface area (TPSA) is 46.5 Å². The molecule has 1 atom stereocenters. The average molecular weight is 413 g/mol. The lowest BCUT2D eigenvalue weighted by Gasteiger charge is -2.28. The van der Waals surface area contributed by atoms with Crippen molar-refractivity contribution in [1.29, 1.82) is 0 Å². The number of unbranched alkanes of at least 4 members (excludes halogenated alkanes) is 14. The summed E-state index contributed by atoms with van der Waals surface area (Å²) in [5, 5.41) is 9.01. The van der Waals surface area contributed by atoms with Crippen LogP contribution in [-0.2, 0) is 9.53 Å². The van der Waals surface area contributed by atoms with Crippen molar-refractivity contribution in [2.75, 3.05) is 27.7 Å². The van der Waals surface area contributed by atoms with Gasteiger partial charge in [0.25, 0.3) is 0 Å². The summed E-state index contributed by atoms with van der Waals surface area (Å²) in [6, 6.07) is 0. The Labute approximate surface area is 181 Å². The van der Waals surface area contributed by atoms with Crippen LogP contribution in [0.3, 0.4) is 0 Å². The number of ether oxygens (including phenoxy) is 1. The molecule has 0 aliphatic carbocycles. The predicted octanol–water partition coefficient (Wildman–Crippen LogP) is 6.94. The molecule has 0 aromatic carbocycles. The summed E-state index contributed by atoms with van der Waals surface area (Å²) < 4.78 is 6.37. The number of hydrogen-bond acceptors (Lipinski definition) is 2. The van der Waals surface area contributed by atoms with Crippen LogP contribution >= 0.6 is 0 Å². The first-order chi connectivity index (χ1) is 13.8. The molecule has 0 spiro atoms. The highest BCUT2D eigenvalue weighted by atomic mass is 16.5. The molecule has 0 saturated carbocycles. The fourth-order valence-corrected chi connectivity index (χ4v) is 3.65. The minimum Gasteiger partial charge on any atom is -0.492 e. The van der Waals surface area contributed by atoms with Crippen LogP contribution < -0.4 is 0 Å². The number of allylic oxidation sites excluding steroid dienone is 1. The molecule has 172 valence electrons. The van der Waals surface area contributed by atoms with Gasteiger partial charge in [-0.25, -0.2) is 0 Å². The van der Waals surface area contributed by atoms with Crippen molar-refractivity contribution >= 4 is 5.97 Å². The average Bonchev–Trinajstić information content (AvgIpc) is 2.62. The van der Waals surface area contributed by atoms with Gasteiger partial charge in [0.15, 0.2) is 6.10 Å². The van der Waals surface area contributed by atoms with Crippen molar-refractivity contribution in [3.05, 3.63) is 12.3 Å². The van der Waals surface area contributed by atoms with E-state index in [-0.39, 0.29) is 12.5 Å². The number of hydrogen-bond donors (Lipinski definition) is 1. The van der Waals surface area contributed by atoms with Crippen LogP contribution in [0.25, 0.3) is 0 Å². The Hall–Kier alpha value is -1.03. The summed E-state index contributed by atoms with van der Waals surface area (Å²) in [5.41, 5.74) is 0. The molecule has 1 N–H and O–H groups in total. The fraction of sp³-hybridized carbons (Fsp3) is 0.880. The molecule has 0 radical (unpaired) electrons. The van der Waals surface area contributed by atoms with Crippen LogP contribution in [0.15, 0.2) is 12.3 Å². The van der Waals surface area contributed by atoms with Gasteiger partial charge in [-0.2, -0.15) is 0 Å². The van der Waals surface area contributed by atoms with Crippen LogP contribution in [0.5, 0.6) is 0 Å². The van der Waals surface area contributed by atoms with E-state index in [1.165, 1.54) is 89.9 Å². The van der Waals surface area contributed by atoms with Gasteiger partial charge >= 0.3 is 5.97 Å². The number of nitrogens with zero attached hydrogens (tertiary/aromatic N) is 1. The van der Waals surface area contributed by atoms with E-state index >= 15 is 0 Å². The predicted molar refractivity (Wildman–Crippen MR) is 124 cm³/mol. The van der Waals surface area contributed by atoms with Gasteiger partial charge in [-0.05, 0) is 18.9 Å². The van der Waals surface area contributed by atoms with Gasteiger partial charge in [0, 0.05) is 0 Å². The second kappa shape index (κ2) is 19.0. The van der Waals surface area contributed by atoms with Gasteiger partial charge < -0.3 is 14.3 Å². The van der Waals surface area contributed by atoms with Crippen molar-refractivity contribution in [2.45, 2.75) is 116 Å². The van der Waals surface area contributed by atoms with Gasteiger partial charge in [0.05, 0.1) is 33.8 Å². The molecule has 0 rings (SSSR count). The smallest absolute Gasteiger partial charge is 0.307 e. The van der Waals surface area contributed by atoms with Crippen LogP contribution in [0, 0.1) is 0 Å². The third-order valence-electron chi connectivity index (χ3n) is 5.25. The lowest BCUT2D eigenvalue weighted by Crippen LogP contribution is -2.42. The highest BCUT2D eigenvalue weighted by Gasteiger charge is 2.21. The second-order valence-corrected chi connectivity index (χ2v) is 9.59. The van der Waals surface area contributed by atoms with Gasteiger partial charge in [0.2, 0.25) is 0 Å². The number of likely N-dealkylation sites (N-methyl/N-ethyl adjacent to an activating group) is 1. The number of aliphatic carboxylic acids is 1. The molecule has 4 heteroatoms. The third-order valence-corrected chi connectivity index (χ3v) is 5.25. The second-order valence-electron chi connectivity index (χ2n) is 9.59. The molecular formula is C25H50NO3+. The number of carbonyl (C=O) groups is 1. The number of carboxylic acid groups (broad SMARTS) is 1. The van der Waals surface area contributed by atoms with Gasteiger partial charge in [0.1, 0.15) is 6.54 Å². The van der Waals surface area contributed by atoms with E-state index in [1.807, 2.05) is 6.08 Å². The van der Waals surface area contributed by atoms with Crippen molar-refractivity contribution in [3.8, 4) is 0 Å². The van der Waals surface area contributed by atoms with E-state index in [1.54, 1.807) is 6.26 Å². The zero-order valence-corrected chi connectivity index (χ0v) is 20.0. The van der Waals surface area contributed by atoms with Gasteiger partial charge in [-0.1, -0.05) is 90.4 Å². The van der Waals surface area contributed by atoms with Gasteiger partial charge in [-0.15, -0.1) is 0 Å². The molecule has 0 bridgehead atoms. The van der Waals surface area contributed by atoms with E-state index in [2.05, 4.69) is 28.1 Å². The summed E-state index contributed by atoms with van der Waals surface area (Å²) in [4.78, 5) is 11.0. The molecule has 0 aromatic heterocycles. The normalized spacial score (nSPS) is 13.1. The minimum absolute atomic E-state index is 0.0543. The van der Waals surface area contributed by atoms with E-state index in [9.17, 15) is 4.79 Å². The third kappa shape index (κ3) is 23.1. The quantitative estimate of drug-likeness (QED) is 0.126. The van der Waals surface area contributed by atoms with E-state index in [4.69, 9.17) is 9.84 Å². The Balaban J connectivity index is 3.49. The maximum absolute atomic E-state index is 11.0. The van der Waals surface area contributed by atoms with E-state index < -0.39 is 5.97 Å². The summed E-state index contributed by atoms with van der Waals surface area (Å²) in [6.07, 6.45) is 23.8. The molecule has 29 heavy (non-hydrogen) atoms. The van der Waals surface area contributed by atoms with Gasteiger partial charge in [-0.3, -0.25) is 4.79 Å². The highest BCUT2D eigenvalue weighted by molar-refractivity contribution is 5.67. The Morgan fingerprint density at radius 3 is 1.69 bits per heavy atom. The number of rotatable bonds is 21. The van der Waals surface area contributed by atoms with Crippen LogP contribution in [0.4, 0.5) is 0 Å². The molecule has 0 aliphatic heterocycles. The Kier molecular flexibility index (Phi) is 18.3. The summed E-state index contributed by atoms with van der Waals surface area (Å²) in [6.45, 7) is 2.97. The monoisotopic (exact) mass is 412 g/mol. The first-order valence-electron chi connectivity index (χ1n) is 12.2. The van der Waals surface area contributed by atoms with E-state index in [0.717, 1.165) is 6.42 Å². The molecule has 0 aliphatic rings. The molecule has 0 heterocycles. The first-order valence-corrected chi connectivity index (χ1v) is 12.2. The van der Waals surface area contributed by atoms with E-state index in [0.29, 0.717) is 11.0 Å². The molecule has 0 aromatic rings. The Bertz CT molecular complexity index is 401. The number of carboxylic acids is 1. The van der Waals surface area contributed by atoms with Crippen molar-refractivity contribution in [3.63, 3.8) is 0 Å². The van der Waals surface area contributed by atoms with Crippen LogP contribution in [0.1, 0.15) is 110 Å². The maximum Gasteiger partial charge on any atom is 0.307 e. The lowest BCUT2D eigenvalue weighted by atomic mass is 10.0. The first kappa shape index (κ1) is 28.0. The lowest BCUT2D eigenvalue weighted by molar-refractivity contribution is -0.873. The zero-order valence-electron chi connectivity index (χ0n) is 20.0. The molecular weight excluding hydrogens is 362 g/mol. The Morgan fingerprint density at radius 2 is 1.28 bits per heavy atom. The summed E-state index contributed by atoms with van der Waals surface area (Å²) in [5.74, 6) is -0.802.